The Morgan fingerprint density at radius 1 is 1.02 bits per heavy atom. The minimum Gasteiger partial charge on any atom is -0.464 e. The zero-order valence-electron chi connectivity index (χ0n) is 22.9. The predicted octanol–water partition coefficient (Wildman–Crippen LogP) is 5.83. The molecule has 1 aliphatic rings. The van der Waals surface area contributed by atoms with Crippen molar-refractivity contribution in [3.63, 3.8) is 0 Å². The zero-order chi connectivity index (χ0) is 31.0. The number of rotatable bonds is 9. The molecule has 8 nitrogen and oxygen atoms in total. The van der Waals surface area contributed by atoms with E-state index in [0.29, 0.717) is 25.7 Å². The third kappa shape index (κ3) is 6.08. The van der Waals surface area contributed by atoms with Crippen LogP contribution in [-0.4, -0.2) is 60.5 Å². The standard InChI is InChI=1S/C26H29F8N7O/c1-4-15(25(29,30)31)42-23-16-21(39-24(41-9-5-6-10-41)40-22(16)37-8-7-36-3)19(28)20(38-23)13-11-14(35)18(27)12(2)17(13)26(32,33)34/h11,15,36H,4-10,35H2,1-3H3,(H,37,39,40). The molecule has 0 bridgehead atoms. The molecule has 42 heavy (non-hydrogen) atoms. The van der Waals surface area contributed by atoms with Gasteiger partial charge in [-0.25, -0.2) is 18.7 Å². The lowest BCUT2D eigenvalue weighted by Gasteiger charge is -2.24. The van der Waals surface area contributed by atoms with Crippen molar-refractivity contribution in [2.45, 2.75) is 51.6 Å². The smallest absolute Gasteiger partial charge is 0.425 e. The summed E-state index contributed by atoms with van der Waals surface area (Å²) in [6.07, 6.45) is -11.6. The van der Waals surface area contributed by atoms with Crippen LogP contribution < -0.4 is 26.0 Å². The van der Waals surface area contributed by atoms with Gasteiger partial charge in [0.1, 0.15) is 28.2 Å². The fourth-order valence-corrected chi connectivity index (χ4v) is 4.77. The van der Waals surface area contributed by atoms with Gasteiger partial charge in [-0.2, -0.15) is 31.3 Å². The molecule has 1 saturated heterocycles. The number of nitrogens with zero attached hydrogens (tertiary/aromatic N) is 4. The van der Waals surface area contributed by atoms with Crippen molar-refractivity contribution in [2.24, 2.45) is 0 Å². The number of pyridine rings is 1. The normalized spacial score (nSPS) is 15.0. The van der Waals surface area contributed by atoms with E-state index in [4.69, 9.17) is 10.5 Å². The van der Waals surface area contributed by atoms with Crippen LogP contribution in [0.4, 0.5) is 52.6 Å². The lowest BCUT2D eigenvalue weighted by Crippen LogP contribution is -2.34. The van der Waals surface area contributed by atoms with Gasteiger partial charge in [0.15, 0.2) is 11.9 Å². The number of hydrogen-bond acceptors (Lipinski definition) is 8. The molecular formula is C26H29F8N7O. The average Bonchev–Trinajstić information content (AvgIpc) is 3.45. The number of nitrogens with one attached hydrogen (secondary N) is 2. The van der Waals surface area contributed by atoms with Gasteiger partial charge in [0, 0.05) is 31.7 Å². The third-order valence-corrected chi connectivity index (χ3v) is 6.85. The van der Waals surface area contributed by atoms with Crippen LogP contribution in [0.3, 0.4) is 0 Å². The number of fused-ring (bicyclic) bond motifs is 1. The monoisotopic (exact) mass is 607 g/mol. The topological polar surface area (TPSA) is 101 Å². The highest BCUT2D eigenvalue weighted by Crippen LogP contribution is 2.45. The van der Waals surface area contributed by atoms with Crippen LogP contribution in [-0.2, 0) is 6.18 Å². The molecule has 1 aliphatic heterocycles. The number of halogens is 8. The van der Waals surface area contributed by atoms with Crippen LogP contribution in [0.25, 0.3) is 22.2 Å². The van der Waals surface area contributed by atoms with E-state index in [1.807, 2.05) is 0 Å². The van der Waals surface area contributed by atoms with Crippen LogP contribution in [0.2, 0.25) is 0 Å². The molecule has 0 saturated carbocycles. The van der Waals surface area contributed by atoms with E-state index in [2.05, 4.69) is 25.6 Å². The molecule has 4 N–H and O–H groups in total. The van der Waals surface area contributed by atoms with E-state index in [9.17, 15) is 30.7 Å². The summed E-state index contributed by atoms with van der Waals surface area (Å²) in [5, 5.41) is 5.40. The van der Waals surface area contributed by atoms with Crippen molar-refractivity contribution in [3.05, 3.63) is 28.8 Å². The Bertz CT molecular complexity index is 1460. The van der Waals surface area contributed by atoms with E-state index in [0.717, 1.165) is 19.8 Å². The van der Waals surface area contributed by atoms with Crippen molar-refractivity contribution < 1.29 is 39.9 Å². The first-order valence-electron chi connectivity index (χ1n) is 13.1. The average molecular weight is 608 g/mol. The van der Waals surface area contributed by atoms with Gasteiger partial charge in [-0.05, 0) is 44.9 Å². The Morgan fingerprint density at radius 2 is 1.69 bits per heavy atom. The van der Waals surface area contributed by atoms with Crippen LogP contribution in [0, 0.1) is 18.6 Å². The summed E-state index contributed by atoms with van der Waals surface area (Å²) in [5.74, 6) is -3.72. The van der Waals surface area contributed by atoms with E-state index in [-0.39, 0.29) is 18.3 Å². The Labute approximate surface area is 235 Å². The number of likely N-dealkylation sites (N-methyl/N-ethyl adjacent to an activating group) is 1. The Balaban J connectivity index is 2.11. The molecule has 0 radical (unpaired) electrons. The molecule has 3 heterocycles. The molecule has 0 spiro atoms. The molecule has 0 amide bonds. The highest BCUT2D eigenvalue weighted by atomic mass is 19.4. The summed E-state index contributed by atoms with van der Waals surface area (Å²) in [7, 11) is 1.65. The first kappa shape index (κ1) is 31.3. The van der Waals surface area contributed by atoms with Crippen LogP contribution >= 0.6 is 0 Å². The highest BCUT2D eigenvalue weighted by Gasteiger charge is 2.42. The van der Waals surface area contributed by atoms with Crippen LogP contribution in [0.1, 0.15) is 37.3 Å². The van der Waals surface area contributed by atoms with Crippen molar-refractivity contribution in [1.29, 1.82) is 0 Å². The predicted molar refractivity (Wildman–Crippen MR) is 141 cm³/mol. The molecule has 3 aromatic rings. The van der Waals surface area contributed by atoms with Gasteiger partial charge in [-0.15, -0.1) is 0 Å². The van der Waals surface area contributed by atoms with Gasteiger partial charge < -0.3 is 26.0 Å². The molecule has 1 unspecified atom stereocenters. The maximum Gasteiger partial charge on any atom is 0.425 e. The maximum atomic E-state index is 16.4. The fourth-order valence-electron chi connectivity index (χ4n) is 4.77. The van der Waals surface area contributed by atoms with Crippen molar-refractivity contribution in [3.8, 4) is 17.1 Å². The summed E-state index contributed by atoms with van der Waals surface area (Å²) in [6, 6.07) is 0.544. The fraction of sp³-hybridized carbons (Fsp3) is 0.500. The third-order valence-electron chi connectivity index (χ3n) is 6.85. The SMILES string of the molecule is CCC(Oc1nc(-c2cc(N)c(F)c(C)c2C(F)(F)F)c(F)c2nc(N3CCCC3)nc(NCCNC)c12)C(F)(F)F. The molecule has 0 aliphatic carbocycles. The van der Waals surface area contributed by atoms with Crippen molar-refractivity contribution in [2.75, 3.05) is 49.2 Å². The molecule has 2 aromatic heterocycles. The first-order valence-corrected chi connectivity index (χ1v) is 13.1. The van der Waals surface area contributed by atoms with Gasteiger partial charge in [-0.3, -0.25) is 0 Å². The second-order valence-electron chi connectivity index (χ2n) is 9.78. The Hall–Kier alpha value is -3.69. The van der Waals surface area contributed by atoms with Gasteiger partial charge in [-0.1, -0.05) is 6.92 Å². The summed E-state index contributed by atoms with van der Waals surface area (Å²) >= 11 is 0. The van der Waals surface area contributed by atoms with Crippen molar-refractivity contribution >= 4 is 28.4 Å². The molecule has 230 valence electrons. The molecule has 1 aromatic carbocycles. The molecular weight excluding hydrogens is 578 g/mol. The summed E-state index contributed by atoms with van der Waals surface area (Å²) in [6.45, 7) is 3.56. The van der Waals surface area contributed by atoms with E-state index >= 15 is 4.39 Å². The lowest BCUT2D eigenvalue weighted by molar-refractivity contribution is -0.196. The number of hydrogen-bond donors (Lipinski definition) is 3. The number of alkyl halides is 6. The quantitative estimate of drug-likeness (QED) is 0.159. The lowest BCUT2D eigenvalue weighted by atomic mass is 9.96. The Kier molecular flexibility index (Phi) is 8.85. The molecule has 1 fully saturated rings. The zero-order valence-corrected chi connectivity index (χ0v) is 22.9. The largest absolute Gasteiger partial charge is 0.464 e. The van der Waals surface area contributed by atoms with E-state index in [1.54, 1.807) is 11.9 Å². The maximum absolute atomic E-state index is 16.4. The summed E-state index contributed by atoms with van der Waals surface area (Å²) < 4.78 is 120. The number of aromatic nitrogens is 3. The minimum atomic E-state index is -5.21. The van der Waals surface area contributed by atoms with Crippen molar-refractivity contribution in [1.82, 2.24) is 20.3 Å². The van der Waals surface area contributed by atoms with Gasteiger partial charge in [0.25, 0.3) is 0 Å². The summed E-state index contributed by atoms with van der Waals surface area (Å²) in [5.41, 5.74) is -0.302. The van der Waals surface area contributed by atoms with Gasteiger partial charge >= 0.3 is 12.4 Å². The second-order valence-corrected chi connectivity index (χ2v) is 9.78. The van der Waals surface area contributed by atoms with Crippen LogP contribution in [0.15, 0.2) is 6.07 Å². The minimum absolute atomic E-state index is 0.0164. The first-order chi connectivity index (χ1) is 19.7. The highest BCUT2D eigenvalue weighted by molar-refractivity contribution is 5.97. The Morgan fingerprint density at radius 3 is 2.26 bits per heavy atom. The van der Waals surface area contributed by atoms with Gasteiger partial charge in [0.05, 0.1) is 11.3 Å². The molecule has 4 rings (SSSR count). The number of nitrogen functional groups attached to an aromatic ring is 1. The molecule has 16 heteroatoms. The number of anilines is 3. The van der Waals surface area contributed by atoms with Gasteiger partial charge in [0.2, 0.25) is 11.8 Å². The number of nitrogens with two attached hydrogens (primary N) is 1. The number of benzene rings is 1. The summed E-state index contributed by atoms with van der Waals surface area (Å²) in [4.78, 5) is 14.2. The second kappa shape index (κ2) is 11.9. The van der Waals surface area contributed by atoms with E-state index < -0.39 is 81.4 Å². The van der Waals surface area contributed by atoms with E-state index in [1.165, 1.54) is 6.92 Å². The molecule has 1 atom stereocenters. The number of ether oxygens (including phenoxy) is 1. The van der Waals surface area contributed by atoms with Crippen LogP contribution in [0.5, 0.6) is 5.88 Å².